The van der Waals surface area contributed by atoms with Crippen molar-refractivity contribution in [3.63, 3.8) is 0 Å². The number of aliphatic hydroxyl groups excluding tert-OH is 1. The molecule has 1 unspecified atom stereocenters. The maximum atomic E-state index is 13.1. The van der Waals surface area contributed by atoms with Crippen LogP contribution in [0.25, 0.3) is 0 Å². The molecule has 30 heavy (non-hydrogen) atoms. The van der Waals surface area contributed by atoms with Gasteiger partial charge in [0.2, 0.25) is 11.9 Å². The van der Waals surface area contributed by atoms with Gasteiger partial charge < -0.3 is 24.7 Å². The number of nitrogens with zero attached hydrogens (tertiary/aromatic N) is 6. The van der Waals surface area contributed by atoms with Crippen LogP contribution < -0.4 is 4.90 Å². The van der Waals surface area contributed by atoms with E-state index in [1.807, 2.05) is 6.92 Å². The summed E-state index contributed by atoms with van der Waals surface area (Å²) in [4.78, 5) is 42.8. The Morgan fingerprint density at radius 1 is 1.13 bits per heavy atom. The smallest absolute Gasteiger partial charge is 0.257 e. The Kier molecular flexibility index (Phi) is 5.67. The second-order valence-corrected chi connectivity index (χ2v) is 9.08. The molecule has 1 aromatic heterocycles. The van der Waals surface area contributed by atoms with Crippen LogP contribution in [0.15, 0.2) is 6.20 Å². The van der Waals surface area contributed by atoms with Gasteiger partial charge in [-0.25, -0.2) is 9.97 Å². The average molecular weight is 417 g/mol. The number of hydrogen-bond acceptors (Lipinski definition) is 7. The van der Waals surface area contributed by atoms with Crippen molar-refractivity contribution in [3.05, 3.63) is 17.5 Å². The molecule has 164 valence electrons. The first-order chi connectivity index (χ1) is 14.3. The van der Waals surface area contributed by atoms with Gasteiger partial charge in [0.05, 0.1) is 22.8 Å². The summed E-state index contributed by atoms with van der Waals surface area (Å²) < 4.78 is 0. The third kappa shape index (κ3) is 3.88. The number of likely N-dealkylation sites (tertiary alicyclic amines) is 2. The molecule has 3 aliphatic rings. The SMILES string of the molecule is Cc1nc(N2CCN(C)CC2)ncc1C(=O)N1CCC2(CC1)CC(O)CN(C)C2=O. The molecular weight excluding hydrogens is 384 g/mol. The molecule has 0 radical (unpaired) electrons. The zero-order valence-electron chi connectivity index (χ0n) is 18.2. The first-order valence-electron chi connectivity index (χ1n) is 10.8. The lowest BCUT2D eigenvalue weighted by atomic mass is 9.71. The highest BCUT2D eigenvalue weighted by Gasteiger charge is 2.48. The largest absolute Gasteiger partial charge is 0.391 e. The Labute approximate surface area is 177 Å². The number of likely N-dealkylation sites (N-methyl/N-ethyl adjacent to an activating group) is 2. The number of aryl methyl sites for hydroxylation is 1. The number of β-amino-alcohol motifs (C(OH)–C–C–N with tert-alkyl or cyclic N) is 1. The van der Waals surface area contributed by atoms with Gasteiger partial charge in [0.15, 0.2) is 0 Å². The quantitative estimate of drug-likeness (QED) is 0.724. The van der Waals surface area contributed by atoms with Gasteiger partial charge >= 0.3 is 0 Å². The van der Waals surface area contributed by atoms with Crippen LogP contribution in [-0.4, -0.2) is 108 Å². The van der Waals surface area contributed by atoms with Crippen molar-refractivity contribution in [3.8, 4) is 0 Å². The molecule has 1 aromatic rings. The molecule has 0 saturated carbocycles. The molecule has 1 spiro atoms. The fraction of sp³-hybridized carbons (Fsp3) is 0.714. The first kappa shape index (κ1) is 21.0. The van der Waals surface area contributed by atoms with Crippen molar-refractivity contribution in [2.24, 2.45) is 5.41 Å². The lowest BCUT2D eigenvalue weighted by Gasteiger charge is -2.47. The molecule has 0 aliphatic carbocycles. The van der Waals surface area contributed by atoms with E-state index in [1.54, 1.807) is 23.0 Å². The number of anilines is 1. The zero-order valence-corrected chi connectivity index (χ0v) is 18.2. The standard InChI is InChI=1S/C21H32N6O3/c1-15-17(13-22-20(23-15)27-10-8-24(2)9-11-27)18(29)26-6-4-21(5-7-26)12-16(28)14-25(3)19(21)30/h13,16,28H,4-12,14H2,1-3H3. The van der Waals surface area contributed by atoms with Crippen LogP contribution in [0.1, 0.15) is 35.3 Å². The van der Waals surface area contributed by atoms with E-state index >= 15 is 0 Å². The van der Waals surface area contributed by atoms with Gasteiger partial charge in [0.25, 0.3) is 5.91 Å². The number of carbonyl (C=O) groups excluding carboxylic acids is 2. The molecule has 0 aromatic carbocycles. The predicted molar refractivity (Wildman–Crippen MR) is 112 cm³/mol. The third-order valence-electron chi connectivity index (χ3n) is 6.90. The molecule has 0 bridgehead atoms. The minimum atomic E-state index is -0.542. The van der Waals surface area contributed by atoms with E-state index in [0.29, 0.717) is 56.1 Å². The van der Waals surface area contributed by atoms with Gasteiger partial charge in [0, 0.05) is 59.1 Å². The van der Waals surface area contributed by atoms with Crippen molar-refractivity contribution < 1.29 is 14.7 Å². The number of piperazine rings is 1. The molecular formula is C21H32N6O3. The van der Waals surface area contributed by atoms with E-state index in [4.69, 9.17) is 0 Å². The first-order valence-corrected chi connectivity index (χ1v) is 10.8. The van der Waals surface area contributed by atoms with E-state index in [1.165, 1.54) is 0 Å². The van der Waals surface area contributed by atoms with E-state index in [0.717, 1.165) is 26.2 Å². The Hall–Kier alpha value is -2.26. The average Bonchev–Trinajstić information content (AvgIpc) is 2.72. The molecule has 2 amide bonds. The van der Waals surface area contributed by atoms with Gasteiger partial charge in [-0.2, -0.15) is 0 Å². The Bertz CT molecular complexity index is 815. The van der Waals surface area contributed by atoms with Gasteiger partial charge in [-0.15, -0.1) is 0 Å². The highest BCUT2D eigenvalue weighted by Crippen LogP contribution is 2.41. The van der Waals surface area contributed by atoms with Gasteiger partial charge in [0.1, 0.15) is 0 Å². The molecule has 4 heterocycles. The van der Waals surface area contributed by atoms with Gasteiger partial charge in [-0.1, -0.05) is 0 Å². The number of aliphatic hydroxyl groups is 1. The molecule has 3 aliphatic heterocycles. The summed E-state index contributed by atoms with van der Waals surface area (Å²) in [6, 6.07) is 0. The molecule has 3 saturated heterocycles. The molecule has 1 N–H and O–H groups in total. The van der Waals surface area contributed by atoms with E-state index < -0.39 is 11.5 Å². The number of rotatable bonds is 2. The maximum Gasteiger partial charge on any atom is 0.257 e. The minimum absolute atomic E-state index is 0.0792. The summed E-state index contributed by atoms with van der Waals surface area (Å²) >= 11 is 0. The van der Waals surface area contributed by atoms with Crippen molar-refractivity contribution in [1.82, 2.24) is 24.7 Å². The molecule has 9 nitrogen and oxygen atoms in total. The Morgan fingerprint density at radius 3 is 2.43 bits per heavy atom. The monoisotopic (exact) mass is 416 g/mol. The highest BCUT2D eigenvalue weighted by molar-refractivity contribution is 5.95. The minimum Gasteiger partial charge on any atom is -0.391 e. The lowest BCUT2D eigenvalue weighted by molar-refractivity contribution is -0.154. The Balaban J connectivity index is 1.42. The summed E-state index contributed by atoms with van der Waals surface area (Å²) in [5.74, 6) is 0.694. The van der Waals surface area contributed by atoms with Crippen LogP contribution in [0.5, 0.6) is 0 Å². The Morgan fingerprint density at radius 2 is 1.80 bits per heavy atom. The van der Waals surface area contributed by atoms with Crippen molar-refractivity contribution in [2.75, 3.05) is 64.8 Å². The zero-order chi connectivity index (χ0) is 21.5. The predicted octanol–water partition coefficient (Wildman–Crippen LogP) is -0.0178. The van der Waals surface area contributed by atoms with Crippen LogP contribution in [0.3, 0.4) is 0 Å². The van der Waals surface area contributed by atoms with Crippen LogP contribution in [-0.2, 0) is 4.79 Å². The van der Waals surface area contributed by atoms with E-state index in [2.05, 4.69) is 26.8 Å². The topological polar surface area (TPSA) is 93.1 Å². The fourth-order valence-electron chi connectivity index (χ4n) is 4.96. The number of amides is 2. The number of aromatic nitrogens is 2. The second-order valence-electron chi connectivity index (χ2n) is 9.08. The highest BCUT2D eigenvalue weighted by atomic mass is 16.3. The second kappa shape index (κ2) is 8.11. The van der Waals surface area contributed by atoms with E-state index in [-0.39, 0.29) is 11.8 Å². The summed E-state index contributed by atoms with van der Waals surface area (Å²) in [5, 5.41) is 10.2. The van der Waals surface area contributed by atoms with Crippen LogP contribution >= 0.6 is 0 Å². The van der Waals surface area contributed by atoms with Gasteiger partial charge in [-0.3, -0.25) is 9.59 Å². The van der Waals surface area contributed by atoms with Crippen molar-refractivity contribution >= 4 is 17.8 Å². The summed E-state index contributed by atoms with van der Waals surface area (Å²) in [5.41, 5.74) is 0.670. The van der Waals surface area contributed by atoms with Crippen LogP contribution in [0.2, 0.25) is 0 Å². The molecule has 3 fully saturated rings. The van der Waals surface area contributed by atoms with Crippen LogP contribution in [0, 0.1) is 12.3 Å². The summed E-state index contributed by atoms with van der Waals surface area (Å²) in [7, 11) is 3.85. The summed E-state index contributed by atoms with van der Waals surface area (Å²) in [6.45, 7) is 6.96. The molecule has 9 heteroatoms. The van der Waals surface area contributed by atoms with E-state index in [9.17, 15) is 14.7 Å². The third-order valence-corrected chi connectivity index (χ3v) is 6.90. The fourth-order valence-corrected chi connectivity index (χ4v) is 4.96. The normalized spacial score (nSPS) is 25.1. The van der Waals surface area contributed by atoms with Crippen molar-refractivity contribution in [2.45, 2.75) is 32.3 Å². The molecule has 4 rings (SSSR count). The summed E-state index contributed by atoms with van der Waals surface area (Å²) in [6.07, 6.45) is 2.80. The number of hydrogen-bond donors (Lipinski definition) is 1. The van der Waals surface area contributed by atoms with Gasteiger partial charge in [-0.05, 0) is 33.2 Å². The maximum absolute atomic E-state index is 13.1. The number of piperidine rings is 2. The van der Waals surface area contributed by atoms with Crippen molar-refractivity contribution in [1.29, 1.82) is 0 Å². The molecule has 1 atom stereocenters. The number of carbonyl (C=O) groups is 2. The lowest BCUT2D eigenvalue weighted by Crippen LogP contribution is -2.56. The van der Waals surface area contributed by atoms with Crippen LogP contribution in [0.4, 0.5) is 5.95 Å².